The third-order valence-electron chi connectivity index (χ3n) is 4.73. The second kappa shape index (κ2) is 8.09. The molecule has 1 unspecified atom stereocenters. The number of nitrogens with one attached hydrogen (secondary N) is 1. The van der Waals surface area contributed by atoms with E-state index in [2.05, 4.69) is 10.4 Å². The van der Waals surface area contributed by atoms with Gasteiger partial charge in [0.05, 0.1) is 29.0 Å². The second-order valence-electron chi connectivity index (χ2n) is 6.65. The number of aromatic nitrogens is 2. The molecule has 1 N–H and O–H groups in total. The first-order valence-corrected chi connectivity index (χ1v) is 9.98. The van der Waals surface area contributed by atoms with Crippen molar-refractivity contribution in [3.8, 4) is 0 Å². The van der Waals surface area contributed by atoms with Crippen LogP contribution in [0.4, 0.5) is 10.8 Å². The highest BCUT2D eigenvalue weighted by atomic mass is 32.1. The predicted molar refractivity (Wildman–Crippen MR) is 104 cm³/mol. The number of carbonyl (C=O) groups is 2. The van der Waals surface area contributed by atoms with E-state index in [1.54, 1.807) is 20.8 Å². The molecular weight excluding hydrogens is 384 g/mol. The van der Waals surface area contributed by atoms with E-state index < -0.39 is 22.8 Å². The zero-order valence-corrected chi connectivity index (χ0v) is 16.8. The Balaban J connectivity index is 1.88. The van der Waals surface area contributed by atoms with E-state index in [-0.39, 0.29) is 12.4 Å². The first-order chi connectivity index (χ1) is 13.3. The molecule has 2 heterocycles. The van der Waals surface area contributed by atoms with Gasteiger partial charge in [-0.15, -0.1) is 11.3 Å². The molecule has 2 aromatic heterocycles. The van der Waals surface area contributed by atoms with E-state index in [9.17, 15) is 19.7 Å². The zero-order valence-electron chi connectivity index (χ0n) is 16.0. The van der Waals surface area contributed by atoms with Crippen LogP contribution in [-0.4, -0.2) is 33.2 Å². The van der Waals surface area contributed by atoms with Crippen LogP contribution in [0.25, 0.3) is 0 Å². The Labute approximate surface area is 165 Å². The molecule has 0 radical (unpaired) electrons. The van der Waals surface area contributed by atoms with E-state index in [1.165, 1.54) is 22.1 Å². The summed E-state index contributed by atoms with van der Waals surface area (Å²) in [6.07, 6.45) is 3.71. The number of hydrogen-bond acceptors (Lipinski definition) is 7. The molecule has 28 heavy (non-hydrogen) atoms. The summed E-state index contributed by atoms with van der Waals surface area (Å²) in [6.45, 7) is 5.25. The molecule has 150 valence electrons. The van der Waals surface area contributed by atoms with Gasteiger partial charge in [-0.05, 0) is 56.9 Å². The Morgan fingerprint density at radius 2 is 2.14 bits per heavy atom. The van der Waals surface area contributed by atoms with Gasteiger partial charge in [0.25, 0.3) is 5.91 Å². The number of anilines is 1. The fraction of sp³-hybridized carbons (Fsp3) is 0.500. The monoisotopic (exact) mass is 406 g/mol. The molecule has 1 amide bonds. The largest absolute Gasteiger partial charge is 0.462 e. The fourth-order valence-corrected chi connectivity index (χ4v) is 4.63. The van der Waals surface area contributed by atoms with Gasteiger partial charge >= 0.3 is 11.8 Å². The number of amides is 1. The molecule has 2 aromatic rings. The number of rotatable bonds is 6. The minimum Gasteiger partial charge on any atom is -0.462 e. The SMILES string of the molecule is CCOC(=O)c1c(NC(=O)C(C)n2nc([N+](=O)[O-])cc2C)sc2c1CCCC2. The van der Waals surface area contributed by atoms with Gasteiger partial charge in [-0.2, -0.15) is 4.68 Å². The number of thiophene rings is 1. The van der Waals surface area contributed by atoms with Crippen molar-refractivity contribution < 1.29 is 19.2 Å². The van der Waals surface area contributed by atoms with Crippen molar-refractivity contribution in [1.82, 2.24) is 9.78 Å². The normalized spacial score (nSPS) is 14.2. The summed E-state index contributed by atoms with van der Waals surface area (Å²) in [5.41, 5.74) is 1.90. The summed E-state index contributed by atoms with van der Waals surface area (Å²) in [5, 5.41) is 18.1. The van der Waals surface area contributed by atoms with Crippen LogP contribution in [0, 0.1) is 17.0 Å². The topological polar surface area (TPSA) is 116 Å². The first kappa shape index (κ1) is 20.0. The van der Waals surface area contributed by atoms with E-state index in [4.69, 9.17) is 4.74 Å². The fourth-order valence-electron chi connectivity index (χ4n) is 3.35. The lowest BCUT2D eigenvalue weighted by atomic mass is 9.95. The van der Waals surface area contributed by atoms with Crippen LogP contribution < -0.4 is 5.32 Å². The Morgan fingerprint density at radius 3 is 2.79 bits per heavy atom. The van der Waals surface area contributed by atoms with Crippen molar-refractivity contribution in [2.45, 2.75) is 52.5 Å². The Morgan fingerprint density at radius 1 is 1.43 bits per heavy atom. The van der Waals surface area contributed by atoms with Gasteiger partial charge < -0.3 is 20.2 Å². The van der Waals surface area contributed by atoms with Crippen LogP contribution in [0.15, 0.2) is 6.07 Å². The maximum atomic E-state index is 12.8. The summed E-state index contributed by atoms with van der Waals surface area (Å²) in [4.78, 5) is 36.7. The lowest BCUT2D eigenvalue weighted by Gasteiger charge is -2.13. The molecule has 0 fully saturated rings. The highest BCUT2D eigenvalue weighted by Gasteiger charge is 2.30. The smallest absolute Gasteiger partial charge is 0.390 e. The summed E-state index contributed by atoms with van der Waals surface area (Å²) >= 11 is 1.40. The highest BCUT2D eigenvalue weighted by Crippen LogP contribution is 2.39. The molecule has 1 aliphatic rings. The lowest BCUT2D eigenvalue weighted by molar-refractivity contribution is -0.389. The number of esters is 1. The highest BCUT2D eigenvalue weighted by molar-refractivity contribution is 7.17. The van der Waals surface area contributed by atoms with E-state index >= 15 is 0 Å². The van der Waals surface area contributed by atoms with E-state index in [0.29, 0.717) is 16.3 Å². The maximum Gasteiger partial charge on any atom is 0.390 e. The lowest BCUT2D eigenvalue weighted by Crippen LogP contribution is -2.25. The van der Waals surface area contributed by atoms with E-state index in [0.717, 1.165) is 36.1 Å². The molecule has 0 saturated carbocycles. The average Bonchev–Trinajstić information content (AvgIpc) is 3.21. The van der Waals surface area contributed by atoms with Crippen LogP contribution in [0.5, 0.6) is 0 Å². The van der Waals surface area contributed by atoms with Crippen molar-refractivity contribution >= 4 is 34.0 Å². The van der Waals surface area contributed by atoms with Crippen LogP contribution in [-0.2, 0) is 22.4 Å². The average molecular weight is 406 g/mol. The van der Waals surface area contributed by atoms with Gasteiger partial charge in [0.1, 0.15) is 11.0 Å². The quantitative estimate of drug-likeness (QED) is 0.446. The van der Waals surface area contributed by atoms with Crippen molar-refractivity contribution in [1.29, 1.82) is 0 Å². The Kier molecular flexibility index (Phi) is 5.78. The summed E-state index contributed by atoms with van der Waals surface area (Å²) < 4.78 is 6.50. The van der Waals surface area contributed by atoms with Gasteiger partial charge in [-0.3, -0.25) is 4.79 Å². The van der Waals surface area contributed by atoms with Gasteiger partial charge in [-0.25, -0.2) is 4.79 Å². The van der Waals surface area contributed by atoms with Crippen LogP contribution >= 0.6 is 11.3 Å². The summed E-state index contributed by atoms with van der Waals surface area (Å²) in [5.74, 6) is -1.14. The second-order valence-corrected chi connectivity index (χ2v) is 7.75. The van der Waals surface area contributed by atoms with Crippen molar-refractivity contribution in [3.05, 3.63) is 37.9 Å². The number of fused-ring (bicyclic) bond motifs is 1. The van der Waals surface area contributed by atoms with Gasteiger partial charge in [0.15, 0.2) is 0 Å². The number of aryl methyl sites for hydroxylation is 2. The molecule has 10 heteroatoms. The molecule has 9 nitrogen and oxygen atoms in total. The minimum absolute atomic E-state index is 0.253. The molecule has 0 saturated heterocycles. The summed E-state index contributed by atoms with van der Waals surface area (Å²) in [7, 11) is 0. The zero-order chi connectivity index (χ0) is 20.4. The number of ether oxygens (including phenoxy) is 1. The van der Waals surface area contributed by atoms with E-state index in [1.807, 2.05) is 0 Å². The first-order valence-electron chi connectivity index (χ1n) is 9.16. The van der Waals surface area contributed by atoms with Crippen molar-refractivity contribution in [2.75, 3.05) is 11.9 Å². The molecule has 1 aliphatic carbocycles. The van der Waals surface area contributed by atoms with Crippen LogP contribution in [0.2, 0.25) is 0 Å². The standard InChI is InChI=1S/C18H22N4O5S/c1-4-27-18(24)15-12-7-5-6-8-13(12)28-17(15)19-16(23)11(3)21-10(2)9-14(20-21)22(25)26/h9,11H,4-8H2,1-3H3,(H,19,23). The third-order valence-corrected chi connectivity index (χ3v) is 5.94. The minimum atomic E-state index is -0.775. The predicted octanol–water partition coefficient (Wildman–Crippen LogP) is 3.42. The molecule has 0 aromatic carbocycles. The Hall–Kier alpha value is -2.75. The van der Waals surface area contributed by atoms with Crippen LogP contribution in [0.1, 0.15) is 59.2 Å². The third kappa shape index (κ3) is 3.77. The summed E-state index contributed by atoms with van der Waals surface area (Å²) in [6, 6.07) is 0.542. The van der Waals surface area contributed by atoms with Gasteiger partial charge in [0, 0.05) is 4.88 Å². The number of nitro groups is 1. The molecule has 0 spiro atoms. The van der Waals surface area contributed by atoms with Crippen molar-refractivity contribution in [2.24, 2.45) is 0 Å². The maximum absolute atomic E-state index is 12.8. The van der Waals surface area contributed by atoms with Gasteiger partial charge in [-0.1, -0.05) is 0 Å². The molecule has 0 aliphatic heterocycles. The molecule has 0 bridgehead atoms. The molecule has 1 atom stereocenters. The molecular formula is C18H22N4O5S. The van der Waals surface area contributed by atoms with Gasteiger partial charge in [0.2, 0.25) is 0 Å². The number of nitrogens with zero attached hydrogens (tertiary/aromatic N) is 3. The Bertz CT molecular complexity index is 933. The molecule has 3 rings (SSSR count). The van der Waals surface area contributed by atoms with Crippen LogP contribution in [0.3, 0.4) is 0 Å². The number of hydrogen-bond donors (Lipinski definition) is 1. The number of carbonyl (C=O) groups excluding carboxylic acids is 2. The van der Waals surface area contributed by atoms with Crippen molar-refractivity contribution in [3.63, 3.8) is 0 Å².